The van der Waals surface area contributed by atoms with Gasteiger partial charge in [0.25, 0.3) is 0 Å². The molecule has 0 aliphatic carbocycles. The third-order valence-corrected chi connectivity index (χ3v) is 5.09. The van der Waals surface area contributed by atoms with Gasteiger partial charge in [-0.25, -0.2) is 4.98 Å². The second-order valence-corrected chi connectivity index (χ2v) is 7.12. The fourth-order valence-corrected chi connectivity index (χ4v) is 3.50. The van der Waals surface area contributed by atoms with E-state index in [4.69, 9.17) is 11.6 Å². The Kier molecular flexibility index (Phi) is 6.81. The summed E-state index contributed by atoms with van der Waals surface area (Å²) >= 11 is 6.25. The van der Waals surface area contributed by atoms with E-state index in [0.29, 0.717) is 5.56 Å². The Morgan fingerprint density at radius 1 is 1.00 bits per heavy atom. The van der Waals surface area contributed by atoms with Gasteiger partial charge in [-0.05, 0) is 36.7 Å². The lowest BCUT2D eigenvalue weighted by atomic mass is 9.97. The minimum absolute atomic E-state index is 0.237. The molecule has 0 spiro atoms. The molecule has 3 rings (SSSR count). The molecular weight excluding hydrogens is 366 g/mol. The van der Waals surface area contributed by atoms with Crippen LogP contribution < -0.4 is 0 Å². The summed E-state index contributed by atoms with van der Waals surface area (Å²) in [5.41, 5.74) is 5.38. The lowest BCUT2D eigenvalue weighted by molar-refractivity contribution is 0.280. The van der Waals surface area contributed by atoms with Crippen LogP contribution in [0.4, 0.5) is 0 Å². The molecule has 142 valence electrons. The van der Waals surface area contributed by atoms with Gasteiger partial charge in [-0.3, -0.25) is 4.90 Å². The molecule has 28 heavy (non-hydrogen) atoms. The summed E-state index contributed by atoms with van der Waals surface area (Å²) < 4.78 is 0. The summed E-state index contributed by atoms with van der Waals surface area (Å²) in [5.74, 6) is 0. The van der Waals surface area contributed by atoms with Crippen LogP contribution in [0.2, 0.25) is 5.15 Å². The third-order valence-electron chi connectivity index (χ3n) is 4.80. The van der Waals surface area contributed by atoms with E-state index < -0.39 is 0 Å². The molecule has 0 atom stereocenters. The molecule has 4 heteroatoms. The molecule has 3 nitrogen and oxygen atoms in total. The van der Waals surface area contributed by atoms with Crippen LogP contribution in [0, 0.1) is 11.3 Å². The molecule has 0 amide bonds. The molecule has 0 aliphatic heterocycles. The lowest BCUT2D eigenvalue weighted by Crippen LogP contribution is -2.23. The van der Waals surface area contributed by atoms with Crippen LogP contribution in [-0.4, -0.2) is 23.0 Å². The van der Waals surface area contributed by atoms with Gasteiger partial charge in [-0.2, -0.15) is 5.26 Å². The van der Waals surface area contributed by atoms with E-state index in [0.717, 1.165) is 48.4 Å². The highest BCUT2D eigenvalue weighted by Gasteiger charge is 2.14. The van der Waals surface area contributed by atoms with Crippen LogP contribution in [0.1, 0.15) is 31.4 Å². The molecule has 0 bridgehead atoms. The van der Waals surface area contributed by atoms with E-state index in [-0.39, 0.29) is 5.15 Å². The molecule has 0 saturated heterocycles. The molecule has 2 aromatic carbocycles. The zero-order valence-electron chi connectivity index (χ0n) is 16.3. The molecule has 3 aromatic rings. The molecule has 0 fully saturated rings. The molecule has 0 saturated carbocycles. The van der Waals surface area contributed by atoms with Gasteiger partial charge < -0.3 is 0 Å². The van der Waals surface area contributed by atoms with E-state index >= 15 is 0 Å². The van der Waals surface area contributed by atoms with E-state index in [2.05, 4.69) is 54.1 Å². The molecule has 0 radical (unpaired) electrons. The highest BCUT2D eigenvalue weighted by atomic mass is 35.5. The maximum absolute atomic E-state index is 9.36. The monoisotopic (exact) mass is 389 g/mol. The standard InChI is InChI=1S/C24H24ClN3/c1-3-14-28(4-2)17-18-10-12-20(13-11-18)23-22(19-8-6-5-7-9-19)15-21(16-26)24(25)27-23/h5-13,15H,3-4,14,17H2,1-2H3. The second-order valence-electron chi connectivity index (χ2n) is 6.77. The summed E-state index contributed by atoms with van der Waals surface area (Å²) in [4.78, 5) is 6.99. The smallest absolute Gasteiger partial charge is 0.147 e. The Morgan fingerprint density at radius 2 is 1.71 bits per heavy atom. The molecule has 0 unspecified atom stereocenters. The number of hydrogen-bond donors (Lipinski definition) is 0. The number of hydrogen-bond acceptors (Lipinski definition) is 3. The summed E-state index contributed by atoms with van der Waals surface area (Å²) in [7, 11) is 0. The number of rotatable bonds is 7. The van der Waals surface area contributed by atoms with Crippen LogP contribution in [0.3, 0.4) is 0 Å². The van der Waals surface area contributed by atoms with E-state index in [1.54, 1.807) is 0 Å². The molecule has 1 aromatic heterocycles. The quantitative estimate of drug-likeness (QED) is 0.453. The van der Waals surface area contributed by atoms with Crippen molar-refractivity contribution in [2.24, 2.45) is 0 Å². The van der Waals surface area contributed by atoms with Gasteiger partial charge in [0, 0.05) is 17.7 Å². The minimum Gasteiger partial charge on any atom is -0.299 e. The van der Waals surface area contributed by atoms with Crippen molar-refractivity contribution in [3.8, 4) is 28.5 Å². The first-order valence-electron chi connectivity index (χ1n) is 9.64. The Bertz CT molecular complexity index is 960. The molecular formula is C24H24ClN3. The van der Waals surface area contributed by atoms with Gasteiger partial charge in [0.1, 0.15) is 11.2 Å². The number of benzene rings is 2. The van der Waals surface area contributed by atoms with Gasteiger partial charge in [0.15, 0.2) is 0 Å². The second kappa shape index (κ2) is 9.50. The average Bonchev–Trinajstić information content (AvgIpc) is 2.74. The number of aromatic nitrogens is 1. The van der Waals surface area contributed by atoms with Gasteiger partial charge in [-0.15, -0.1) is 0 Å². The average molecular weight is 390 g/mol. The zero-order valence-corrected chi connectivity index (χ0v) is 17.1. The summed E-state index contributed by atoms with van der Waals surface area (Å²) in [6.07, 6.45) is 1.15. The molecule has 0 aliphatic rings. The maximum atomic E-state index is 9.36. The fraction of sp³-hybridized carbons (Fsp3) is 0.250. The first-order valence-corrected chi connectivity index (χ1v) is 10.0. The van der Waals surface area contributed by atoms with Crippen LogP contribution >= 0.6 is 11.6 Å². The Hall–Kier alpha value is -2.67. The number of nitriles is 1. The summed E-state index contributed by atoms with van der Waals surface area (Å²) in [5, 5.41) is 9.60. The van der Waals surface area contributed by atoms with E-state index in [1.807, 2.05) is 36.4 Å². The first kappa shape index (κ1) is 20.1. The van der Waals surface area contributed by atoms with Crippen molar-refractivity contribution in [3.05, 3.63) is 76.9 Å². The van der Waals surface area contributed by atoms with Crippen molar-refractivity contribution < 1.29 is 0 Å². The van der Waals surface area contributed by atoms with Crippen molar-refractivity contribution in [1.29, 1.82) is 5.26 Å². The van der Waals surface area contributed by atoms with Crippen LogP contribution in [0.5, 0.6) is 0 Å². The minimum atomic E-state index is 0.237. The van der Waals surface area contributed by atoms with E-state index in [9.17, 15) is 5.26 Å². The van der Waals surface area contributed by atoms with Crippen molar-refractivity contribution in [2.75, 3.05) is 13.1 Å². The SMILES string of the molecule is CCCN(CC)Cc1ccc(-c2nc(Cl)c(C#N)cc2-c2ccccc2)cc1. The Labute approximate surface area is 172 Å². The van der Waals surface area contributed by atoms with Crippen LogP contribution in [0.25, 0.3) is 22.4 Å². The highest BCUT2D eigenvalue weighted by Crippen LogP contribution is 2.33. The van der Waals surface area contributed by atoms with Gasteiger partial charge in [-0.1, -0.05) is 80.0 Å². The van der Waals surface area contributed by atoms with Gasteiger partial charge in [0.2, 0.25) is 0 Å². The van der Waals surface area contributed by atoms with Gasteiger partial charge >= 0.3 is 0 Å². The highest BCUT2D eigenvalue weighted by molar-refractivity contribution is 6.30. The largest absolute Gasteiger partial charge is 0.299 e. The summed E-state index contributed by atoms with van der Waals surface area (Å²) in [6, 6.07) is 22.4. The topological polar surface area (TPSA) is 39.9 Å². The van der Waals surface area contributed by atoms with Gasteiger partial charge in [0.05, 0.1) is 11.3 Å². The maximum Gasteiger partial charge on any atom is 0.147 e. The normalized spacial score (nSPS) is 10.8. The van der Waals surface area contributed by atoms with E-state index in [1.165, 1.54) is 5.56 Å². The third kappa shape index (κ3) is 4.59. The fourth-order valence-electron chi connectivity index (χ4n) is 3.32. The van der Waals surface area contributed by atoms with Crippen molar-refractivity contribution >= 4 is 11.6 Å². The van der Waals surface area contributed by atoms with Crippen LogP contribution in [-0.2, 0) is 6.54 Å². The number of pyridine rings is 1. The Morgan fingerprint density at radius 3 is 2.32 bits per heavy atom. The van der Waals surface area contributed by atoms with Crippen molar-refractivity contribution in [1.82, 2.24) is 9.88 Å². The lowest BCUT2D eigenvalue weighted by Gasteiger charge is -2.19. The number of halogens is 1. The molecule has 1 heterocycles. The predicted octanol–water partition coefficient (Wildman–Crippen LogP) is 6.17. The van der Waals surface area contributed by atoms with Crippen LogP contribution in [0.15, 0.2) is 60.7 Å². The summed E-state index contributed by atoms with van der Waals surface area (Å²) in [6.45, 7) is 7.48. The van der Waals surface area contributed by atoms with Crippen molar-refractivity contribution in [2.45, 2.75) is 26.8 Å². The number of nitrogens with zero attached hydrogens (tertiary/aromatic N) is 3. The molecule has 0 N–H and O–H groups in total. The van der Waals surface area contributed by atoms with Crippen molar-refractivity contribution in [3.63, 3.8) is 0 Å². The Balaban J connectivity index is 1.99. The zero-order chi connectivity index (χ0) is 19.9. The predicted molar refractivity (Wildman–Crippen MR) is 116 cm³/mol. The first-order chi connectivity index (χ1) is 13.7.